The fourth-order valence-corrected chi connectivity index (χ4v) is 1.52. The second kappa shape index (κ2) is 5.01. The number of carbonyl (C=O) groups is 1. The molecular weight excluding hydrogens is 259 g/mol. The molecule has 92 valence electrons. The Labute approximate surface area is 107 Å². The smallest absolute Gasteiger partial charge is 0.260 e. The van der Waals surface area contributed by atoms with Crippen LogP contribution in [0.5, 0.6) is 5.75 Å². The average molecular weight is 267 g/mol. The van der Waals surface area contributed by atoms with Crippen molar-refractivity contribution in [3.8, 4) is 5.75 Å². The quantitative estimate of drug-likeness (QED) is 0.649. The third-order valence-electron chi connectivity index (χ3n) is 2.21. The highest BCUT2D eigenvalue weighted by Gasteiger charge is 2.12. The van der Waals surface area contributed by atoms with Crippen LogP contribution in [0.4, 0.5) is 10.1 Å². The van der Waals surface area contributed by atoms with Crippen LogP contribution in [0.1, 0.15) is 10.4 Å². The van der Waals surface area contributed by atoms with Crippen LogP contribution in [-0.2, 0) is 0 Å². The molecule has 1 aromatic heterocycles. The summed E-state index contributed by atoms with van der Waals surface area (Å²) >= 11 is 5.69. The van der Waals surface area contributed by atoms with Crippen LogP contribution in [0.2, 0.25) is 5.02 Å². The molecule has 0 aliphatic rings. The predicted octanol–water partition coefficient (Wildman–Crippen LogP) is 2.83. The number of benzene rings is 1. The molecular formula is C12H8ClFN2O2. The second-order valence-corrected chi connectivity index (χ2v) is 3.87. The Morgan fingerprint density at radius 2 is 2.17 bits per heavy atom. The third kappa shape index (κ3) is 2.57. The van der Waals surface area contributed by atoms with Gasteiger partial charge in [-0.1, -0.05) is 11.6 Å². The van der Waals surface area contributed by atoms with Crippen molar-refractivity contribution in [2.45, 2.75) is 0 Å². The number of hydrogen-bond donors (Lipinski definition) is 2. The van der Waals surface area contributed by atoms with Crippen molar-refractivity contribution in [1.29, 1.82) is 0 Å². The van der Waals surface area contributed by atoms with Gasteiger partial charge in [0.1, 0.15) is 5.75 Å². The number of amides is 1. The minimum absolute atomic E-state index is 0.0952. The molecule has 0 spiro atoms. The van der Waals surface area contributed by atoms with Crippen molar-refractivity contribution < 1.29 is 14.3 Å². The van der Waals surface area contributed by atoms with Gasteiger partial charge in [-0.2, -0.15) is 4.39 Å². The number of nitrogens with zero attached hydrogens (tertiary/aromatic N) is 1. The third-order valence-corrected chi connectivity index (χ3v) is 2.51. The van der Waals surface area contributed by atoms with E-state index in [1.165, 1.54) is 36.5 Å². The Morgan fingerprint density at radius 3 is 2.83 bits per heavy atom. The minimum atomic E-state index is -0.847. The highest BCUT2D eigenvalue weighted by Crippen LogP contribution is 2.26. The molecule has 1 aromatic carbocycles. The van der Waals surface area contributed by atoms with Crippen molar-refractivity contribution in [3.63, 3.8) is 0 Å². The molecule has 0 aliphatic carbocycles. The first-order valence-electron chi connectivity index (χ1n) is 4.98. The summed E-state index contributed by atoms with van der Waals surface area (Å²) in [5.41, 5.74) is 0.188. The first-order valence-corrected chi connectivity index (χ1v) is 5.36. The van der Waals surface area contributed by atoms with Crippen LogP contribution >= 0.6 is 11.6 Å². The number of carbonyl (C=O) groups excluding carboxylic acids is 1. The highest BCUT2D eigenvalue weighted by molar-refractivity contribution is 6.32. The Balaban J connectivity index is 2.22. The van der Waals surface area contributed by atoms with Crippen molar-refractivity contribution in [2.75, 3.05) is 5.32 Å². The number of phenolic OH excluding ortho intramolecular Hbond substituents is 1. The lowest BCUT2D eigenvalue weighted by Crippen LogP contribution is -2.14. The van der Waals surface area contributed by atoms with Gasteiger partial charge in [-0.3, -0.25) is 4.79 Å². The molecule has 6 heteroatoms. The molecule has 2 rings (SSSR count). The van der Waals surface area contributed by atoms with Crippen LogP contribution in [-0.4, -0.2) is 16.0 Å². The molecule has 1 heterocycles. The summed E-state index contributed by atoms with van der Waals surface area (Å²) in [4.78, 5) is 15.1. The van der Waals surface area contributed by atoms with E-state index in [0.29, 0.717) is 5.69 Å². The van der Waals surface area contributed by atoms with E-state index in [4.69, 9.17) is 11.6 Å². The number of halogens is 2. The first-order chi connectivity index (χ1) is 8.58. The normalized spacial score (nSPS) is 10.1. The largest absolute Gasteiger partial charge is 0.506 e. The van der Waals surface area contributed by atoms with E-state index in [-0.39, 0.29) is 16.3 Å². The van der Waals surface area contributed by atoms with Gasteiger partial charge in [0.05, 0.1) is 10.6 Å². The fourth-order valence-electron chi connectivity index (χ4n) is 1.34. The zero-order valence-electron chi connectivity index (χ0n) is 9.02. The average Bonchev–Trinajstić information content (AvgIpc) is 2.34. The number of aromatic nitrogens is 1. The Morgan fingerprint density at radius 1 is 1.39 bits per heavy atom. The molecule has 0 saturated carbocycles. The molecule has 0 saturated heterocycles. The maximum atomic E-state index is 13.2. The molecule has 0 aliphatic heterocycles. The molecule has 1 amide bonds. The summed E-state index contributed by atoms with van der Waals surface area (Å²) in [6.45, 7) is 0. The van der Waals surface area contributed by atoms with E-state index in [1.807, 2.05) is 0 Å². The number of rotatable bonds is 2. The maximum absolute atomic E-state index is 13.2. The van der Waals surface area contributed by atoms with E-state index in [0.717, 1.165) is 0 Å². The number of aromatic hydroxyl groups is 1. The van der Waals surface area contributed by atoms with E-state index >= 15 is 0 Å². The van der Waals surface area contributed by atoms with Crippen molar-refractivity contribution in [1.82, 2.24) is 4.98 Å². The van der Waals surface area contributed by atoms with Gasteiger partial charge in [0.2, 0.25) is 5.95 Å². The standard InChI is InChI=1S/C12H8ClFN2O2/c13-9-6-7(3-4-10(9)17)16-12(18)8-2-1-5-15-11(8)14/h1-6,17H,(H,16,18). The van der Waals surface area contributed by atoms with Gasteiger partial charge >= 0.3 is 0 Å². The predicted molar refractivity (Wildman–Crippen MR) is 65.3 cm³/mol. The Kier molecular flexibility index (Phi) is 3.43. The molecule has 0 atom stereocenters. The SMILES string of the molecule is O=C(Nc1ccc(O)c(Cl)c1)c1cccnc1F. The van der Waals surface area contributed by atoms with Gasteiger partial charge in [-0.25, -0.2) is 4.98 Å². The molecule has 2 N–H and O–H groups in total. The number of nitrogens with one attached hydrogen (secondary N) is 1. The van der Waals surface area contributed by atoms with E-state index in [1.54, 1.807) is 0 Å². The van der Waals surface area contributed by atoms with E-state index in [2.05, 4.69) is 10.3 Å². The molecule has 0 bridgehead atoms. The molecule has 0 radical (unpaired) electrons. The number of pyridine rings is 1. The number of anilines is 1. The van der Waals surface area contributed by atoms with Gasteiger partial charge in [0, 0.05) is 11.9 Å². The molecule has 0 fully saturated rings. The Hall–Kier alpha value is -2.14. The molecule has 0 unspecified atom stereocenters. The molecule has 4 nitrogen and oxygen atoms in total. The lowest BCUT2D eigenvalue weighted by molar-refractivity contribution is 0.102. The van der Waals surface area contributed by atoms with Crippen LogP contribution in [0.25, 0.3) is 0 Å². The summed E-state index contributed by atoms with van der Waals surface area (Å²) in [6, 6.07) is 6.93. The topological polar surface area (TPSA) is 62.2 Å². The van der Waals surface area contributed by atoms with Crippen LogP contribution in [0, 0.1) is 5.95 Å². The van der Waals surface area contributed by atoms with E-state index in [9.17, 15) is 14.3 Å². The Bertz CT molecular complexity index is 604. The van der Waals surface area contributed by atoms with Crippen molar-refractivity contribution >= 4 is 23.2 Å². The summed E-state index contributed by atoms with van der Waals surface area (Å²) < 4.78 is 13.2. The summed E-state index contributed by atoms with van der Waals surface area (Å²) in [7, 11) is 0. The second-order valence-electron chi connectivity index (χ2n) is 3.46. The van der Waals surface area contributed by atoms with Gasteiger partial charge in [-0.05, 0) is 30.3 Å². The first kappa shape index (κ1) is 12.3. The van der Waals surface area contributed by atoms with Gasteiger partial charge < -0.3 is 10.4 Å². The van der Waals surface area contributed by atoms with Crippen molar-refractivity contribution in [3.05, 3.63) is 53.1 Å². The number of phenols is 1. The zero-order valence-corrected chi connectivity index (χ0v) is 9.78. The lowest BCUT2D eigenvalue weighted by atomic mass is 10.2. The maximum Gasteiger partial charge on any atom is 0.260 e. The van der Waals surface area contributed by atoms with Gasteiger partial charge in [0.25, 0.3) is 5.91 Å². The molecule has 2 aromatic rings. The summed E-state index contributed by atoms with van der Waals surface area (Å²) in [6.07, 6.45) is 1.25. The monoisotopic (exact) mass is 266 g/mol. The van der Waals surface area contributed by atoms with Gasteiger partial charge in [0.15, 0.2) is 0 Å². The van der Waals surface area contributed by atoms with Crippen LogP contribution < -0.4 is 5.32 Å². The highest BCUT2D eigenvalue weighted by atomic mass is 35.5. The number of hydrogen-bond acceptors (Lipinski definition) is 3. The summed E-state index contributed by atoms with van der Waals surface area (Å²) in [5.74, 6) is -1.58. The fraction of sp³-hybridized carbons (Fsp3) is 0. The van der Waals surface area contributed by atoms with Crippen molar-refractivity contribution in [2.24, 2.45) is 0 Å². The zero-order chi connectivity index (χ0) is 13.1. The summed E-state index contributed by atoms with van der Waals surface area (Å²) in [5, 5.41) is 11.8. The lowest BCUT2D eigenvalue weighted by Gasteiger charge is -2.06. The molecule has 18 heavy (non-hydrogen) atoms. The van der Waals surface area contributed by atoms with Gasteiger partial charge in [-0.15, -0.1) is 0 Å². The van der Waals surface area contributed by atoms with Crippen LogP contribution in [0.3, 0.4) is 0 Å². The van der Waals surface area contributed by atoms with E-state index < -0.39 is 11.9 Å². The minimum Gasteiger partial charge on any atom is -0.506 e. The van der Waals surface area contributed by atoms with Crippen LogP contribution in [0.15, 0.2) is 36.5 Å².